The highest BCUT2D eigenvalue weighted by molar-refractivity contribution is 6.31. The Hall–Kier alpha value is -0.640. The average Bonchev–Trinajstić information content (AvgIpc) is 2.07. The Morgan fingerprint density at radius 3 is 2.86 bits per heavy atom. The number of ether oxygens (including phenoxy) is 1. The summed E-state index contributed by atoms with van der Waals surface area (Å²) in [6, 6.07) is 4.65. The van der Waals surface area contributed by atoms with E-state index in [0.717, 1.165) is 13.1 Å². The zero-order valence-electron chi connectivity index (χ0n) is 7.59. The van der Waals surface area contributed by atoms with E-state index in [9.17, 15) is 4.39 Å². The topological polar surface area (TPSA) is 21.3 Å². The maximum absolute atomic E-state index is 13.2. The molecule has 0 radical (unpaired) electrons. The molecule has 1 aliphatic rings. The van der Waals surface area contributed by atoms with E-state index >= 15 is 0 Å². The third-order valence-electron chi connectivity index (χ3n) is 2.27. The van der Waals surface area contributed by atoms with Crippen molar-refractivity contribution in [1.82, 2.24) is 5.32 Å². The minimum absolute atomic E-state index is 0.200. The molecule has 2 rings (SSSR count). The van der Waals surface area contributed by atoms with Crippen LogP contribution in [0.4, 0.5) is 4.39 Å². The van der Waals surface area contributed by atoms with Gasteiger partial charge in [-0.2, -0.15) is 0 Å². The lowest BCUT2D eigenvalue weighted by atomic mass is 10.2. The first-order valence-electron chi connectivity index (χ1n) is 4.52. The van der Waals surface area contributed by atoms with Crippen LogP contribution < -0.4 is 5.32 Å². The van der Waals surface area contributed by atoms with Crippen LogP contribution in [-0.2, 0) is 11.3 Å². The van der Waals surface area contributed by atoms with Crippen molar-refractivity contribution in [3.05, 3.63) is 34.6 Å². The molecule has 0 spiro atoms. The SMILES string of the molecule is Fc1cccc(Cl)c1COC1CNC1. The zero-order chi connectivity index (χ0) is 9.97. The molecule has 0 bridgehead atoms. The van der Waals surface area contributed by atoms with E-state index in [0.29, 0.717) is 10.6 Å². The quantitative estimate of drug-likeness (QED) is 0.833. The highest BCUT2D eigenvalue weighted by Gasteiger charge is 2.18. The minimum atomic E-state index is -0.301. The van der Waals surface area contributed by atoms with Crippen molar-refractivity contribution < 1.29 is 9.13 Å². The first-order valence-corrected chi connectivity index (χ1v) is 4.90. The van der Waals surface area contributed by atoms with Gasteiger partial charge in [-0.3, -0.25) is 0 Å². The Morgan fingerprint density at radius 1 is 1.50 bits per heavy atom. The van der Waals surface area contributed by atoms with Crippen LogP contribution in [0.3, 0.4) is 0 Å². The molecule has 14 heavy (non-hydrogen) atoms. The van der Waals surface area contributed by atoms with Crippen molar-refractivity contribution in [3.8, 4) is 0 Å². The van der Waals surface area contributed by atoms with E-state index in [2.05, 4.69) is 5.32 Å². The summed E-state index contributed by atoms with van der Waals surface area (Å²) in [5.41, 5.74) is 0.445. The molecule has 76 valence electrons. The molecule has 1 heterocycles. The summed E-state index contributed by atoms with van der Waals surface area (Å²) < 4.78 is 18.7. The van der Waals surface area contributed by atoms with E-state index in [1.54, 1.807) is 12.1 Å². The lowest BCUT2D eigenvalue weighted by Gasteiger charge is -2.27. The normalized spacial score (nSPS) is 16.7. The molecule has 1 saturated heterocycles. The van der Waals surface area contributed by atoms with Crippen LogP contribution in [-0.4, -0.2) is 19.2 Å². The van der Waals surface area contributed by atoms with Gasteiger partial charge in [0.15, 0.2) is 0 Å². The van der Waals surface area contributed by atoms with Gasteiger partial charge in [0.25, 0.3) is 0 Å². The van der Waals surface area contributed by atoms with E-state index in [4.69, 9.17) is 16.3 Å². The Balaban J connectivity index is 2.00. The van der Waals surface area contributed by atoms with Gasteiger partial charge in [-0.1, -0.05) is 17.7 Å². The van der Waals surface area contributed by atoms with Gasteiger partial charge < -0.3 is 10.1 Å². The average molecular weight is 216 g/mol. The van der Waals surface area contributed by atoms with Gasteiger partial charge in [0.1, 0.15) is 5.82 Å². The largest absolute Gasteiger partial charge is 0.371 e. The molecule has 0 atom stereocenters. The molecule has 1 aromatic rings. The van der Waals surface area contributed by atoms with E-state index < -0.39 is 0 Å². The Morgan fingerprint density at radius 2 is 2.29 bits per heavy atom. The molecule has 4 heteroatoms. The number of rotatable bonds is 3. The molecule has 1 aliphatic heterocycles. The van der Waals surface area contributed by atoms with Gasteiger partial charge in [0.2, 0.25) is 0 Å². The Bertz CT molecular complexity index is 308. The second-order valence-corrected chi connectivity index (χ2v) is 3.70. The first-order chi connectivity index (χ1) is 6.77. The van der Waals surface area contributed by atoms with E-state index in [1.165, 1.54) is 6.07 Å². The number of benzene rings is 1. The molecule has 0 aromatic heterocycles. The van der Waals surface area contributed by atoms with Gasteiger partial charge in [-0.25, -0.2) is 4.39 Å². The maximum Gasteiger partial charge on any atom is 0.130 e. The van der Waals surface area contributed by atoms with Crippen molar-refractivity contribution in [3.63, 3.8) is 0 Å². The summed E-state index contributed by atoms with van der Waals surface area (Å²) in [5.74, 6) is -0.301. The lowest BCUT2D eigenvalue weighted by Crippen LogP contribution is -2.48. The molecular weight excluding hydrogens is 205 g/mol. The third-order valence-corrected chi connectivity index (χ3v) is 2.62. The molecule has 0 amide bonds. The summed E-state index contributed by atoms with van der Waals surface area (Å²) >= 11 is 5.84. The highest BCUT2D eigenvalue weighted by atomic mass is 35.5. The van der Waals surface area contributed by atoms with Crippen molar-refractivity contribution in [2.24, 2.45) is 0 Å². The minimum Gasteiger partial charge on any atom is -0.371 e. The van der Waals surface area contributed by atoms with Crippen LogP contribution in [0.1, 0.15) is 5.56 Å². The van der Waals surface area contributed by atoms with Gasteiger partial charge in [0, 0.05) is 23.7 Å². The number of halogens is 2. The third kappa shape index (κ3) is 2.05. The molecule has 0 unspecified atom stereocenters. The number of hydrogen-bond donors (Lipinski definition) is 1. The summed E-state index contributed by atoms with van der Waals surface area (Å²) in [6.45, 7) is 1.93. The van der Waals surface area contributed by atoms with Gasteiger partial charge in [-0.05, 0) is 12.1 Å². The smallest absolute Gasteiger partial charge is 0.130 e. The molecule has 1 aromatic carbocycles. The van der Waals surface area contributed by atoms with Gasteiger partial charge >= 0.3 is 0 Å². The van der Waals surface area contributed by atoms with Crippen LogP contribution in [0.15, 0.2) is 18.2 Å². The number of hydrogen-bond acceptors (Lipinski definition) is 2. The van der Waals surface area contributed by atoms with Crippen LogP contribution in [0, 0.1) is 5.82 Å². The summed E-state index contributed by atoms with van der Waals surface area (Å²) in [7, 11) is 0. The standard InChI is InChI=1S/C10H11ClFNO/c11-9-2-1-3-10(12)8(9)6-14-7-4-13-5-7/h1-3,7,13H,4-6H2. The van der Waals surface area contributed by atoms with E-state index in [1.807, 2.05) is 0 Å². The number of nitrogens with one attached hydrogen (secondary N) is 1. The van der Waals surface area contributed by atoms with Crippen LogP contribution in [0.25, 0.3) is 0 Å². The molecule has 1 fully saturated rings. The summed E-state index contributed by atoms with van der Waals surface area (Å²) in [6.07, 6.45) is 0.200. The van der Waals surface area contributed by atoms with Crippen LogP contribution in [0.2, 0.25) is 5.02 Å². The first kappa shape index (κ1) is 9.90. The van der Waals surface area contributed by atoms with E-state index in [-0.39, 0.29) is 18.5 Å². The molecule has 0 saturated carbocycles. The fourth-order valence-electron chi connectivity index (χ4n) is 1.25. The van der Waals surface area contributed by atoms with Crippen molar-refractivity contribution in [2.45, 2.75) is 12.7 Å². The molecular formula is C10H11ClFNO. The predicted molar refractivity (Wildman–Crippen MR) is 52.9 cm³/mol. The Kier molecular flexibility index (Phi) is 3.01. The van der Waals surface area contributed by atoms with Gasteiger partial charge in [-0.15, -0.1) is 0 Å². The van der Waals surface area contributed by atoms with Crippen molar-refractivity contribution in [1.29, 1.82) is 0 Å². The Labute approximate surface area is 87.0 Å². The highest BCUT2D eigenvalue weighted by Crippen LogP contribution is 2.20. The second kappa shape index (κ2) is 4.26. The van der Waals surface area contributed by atoms with Crippen molar-refractivity contribution >= 4 is 11.6 Å². The maximum atomic E-state index is 13.2. The van der Waals surface area contributed by atoms with Crippen LogP contribution in [0.5, 0.6) is 0 Å². The van der Waals surface area contributed by atoms with Crippen molar-refractivity contribution in [2.75, 3.05) is 13.1 Å². The zero-order valence-corrected chi connectivity index (χ0v) is 8.35. The van der Waals surface area contributed by atoms with Crippen LogP contribution >= 0.6 is 11.6 Å². The fraction of sp³-hybridized carbons (Fsp3) is 0.400. The molecule has 0 aliphatic carbocycles. The summed E-state index contributed by atoms with van der Waals surface area (Å²) in [4.78, 5) is 0. The lowest BCUT2D eigenvalue weighted by molar-refractivity contribution is 0.00642. The monoisotopic (exact) mass is 215 g/mol. The summed E-state index contributed by atoms with van der Waals surface area (Å²) in [5, 5.41) is 3.50. The second-order valence-electron chi connectivity index (χ2n) is 3.29. The van der Waals surface area contributed by atoms with Gasteiger partial charge in [0.05, 0.1) is 12.7 Å². The molecule has 2 nitrogen and oxygen atoms in total. The fourth-order valence-corrected chi connectivity index (χ4v) is 1.47. The molecule has 1 N–H and O–H groups in total. The predicted octanol–water partition coefficient (Wildman–Crippen LogP) is 1.97.